The molecule has 0 radical (unpaired) electrons. The van der Waals surface area contributed by atoms with E-state index in [1.807, 2.05) is 12.1 Å². The van der Waals surface area contributed by atoms with Crippen molar-refractivity contribution >= 4 is 11.4 Å². The molecule has 1 aromatic rings. The summed E-state index contributed by atoms with van der Waals surface area (Å²) in [5.41, 5.74) is 1.77. The molecule has 1 unspecified atom stereocenters. The van der Waals surface area contributed by atoms with Gasteiger partial charge in [0, 0.05) is 23.4 Å². The van der Waals surface area contributed by atoms with Crippen LogP contribution in [0, 0.1) is 23.0 Å². The number of nitro benzene ring substituents is 1. The van der Waals surface area contributed by atoms with Crippen LogP contribution >= 0.6 is 0 Å². The standard InChI is InChI=1S/C14H20N2O2/c1-3-12(8-11-5-6-11)15-13-7-4-10(2)14(9-13)16(17)18/h4,7,9,11-12,15H,3,5-6,8H2,1-2H3. The van der Waals surface area contributed by atoms with Crippen LogP contribution in [-0.2, 0) is 0 Å². The average molecular weight is 248 g/mol. The van der Waals surface area contributed by atoms with Crippen molar-refractivity contribution in [3.05, 3.63) is 33.9 Å². The van der Waals surface area contributed by atoms with Gasteiger partial charge in [0.05, 0.1) is 4.92 Å². The Bertz CT molecular complexity index is 441. The van der Waals surface area contributed by atoms with E-state index in [4.69, 9.17) is 0 Å². The fraction of sp³-hybridized carbons (Fsp3) is 0.571. The Morgan fingerprint density at radius 1 is 1.50 bits per heavy atom. The van der Waals surface area contributed by atoms with Crippen molar-refractivity contribution in [3.63, 3.8) is 0 Å². The second-order valence-electron chi connectivity index (χ2n) is 5.19. The highest BCUT2D eigenvalue weighted by atomic mass is 16.6. The zero-order valence-electron chi connectivity index (χ0n) is 11.0. The fourth-order valence-corrected chi connectivity index (χ4v) is 2.22. The van der Waals surface area contributed by atoms with Gasteiger partial charge in [0.15, 0.2) is 0 Å². The molecule has 1 fully saturated rings. The number of nitrogens with zero attached hydrogens (tertiary/aromatic N) is 1. The van der Waals surface area contributed by atoms with E-state index >= 15 is 0 Å². The molecule has 1 aromatic carbocycles. The van der Waals surface area contributed by atoms with E-state index in [0.717, 1.165) is 18.0 Å². The number of aryl methyl sites for hydroxylation is 1. The van der Waals surface area contributed by atoms with Gasteiger partial charge >= 0.3 is 0 Å². The lowest BCUT2D eigenvalue weighted by Crippen LogP contribution is -2.19. The topological polar surface area (TPSA) is 55.2 Å². The summed E-state index contributed by atoms with van der Waals surface area (Å²) in [6.07, 6.45) is 4.91. The van der Waals surface area contributed by atoms with E-state index in [2.05, 4.69) is 12.2 Å². The molecule has 1 aliphatic carbocycles. The quantitative estimate of drug-likeness (QED) is 0.613. The van der Waals surface area contributed by atoms with E-state index in [-0.39, 0.29) is 10.6 Å². The minimum absolute atomic E-state index is 0.196. The molecule has 1 saturated carbocycles. The second kappa shape index (κ2) is 5.38. The lowest BCUT2D eigenvalue weighted by Gasteiger charge is -2.18. The maximum absolute atomic E-state index is 10.9. The van der Waals surface area contributed by atoms with E-state index in [1.165, 1.54) is 19.3 Å². The Morgan fingerprint density at radius 3 is 2.78 bits per heavy atom. The molecular weight excluding hydrogens is 228 g/mol. The Balaban J connectivity index is 2.07. The third kappa shape index (κ3) is 3.22. The van der Waals surface area contributed by atoms with Crippen LogP contribution in [0.4, 0.5) is 11.4 Å². The van der Waals surface area contributed by atoms with Crippen molar-refractivity contribution in [3.8, 4) is 0 Å². The van der Waals surface area contributed by atoms with Gasteiger partial charge in [-0.15, -0.1) is 0 Å². The summed E-state index contributed by atoms with van der Waals surface area (Å²) < 4.78 is 0. The molecule has 0 bridgehead atoms. The molecule has 0 spiro atoms. The number of hydrogen-bond acceptors (Lipinski definition) is 3. The number of benzene rings is 1. The summed E-state index contributed by atoms with van der Waals surface area (Å²) in [7, 11) is 0. The first-order chi connectivity index (χ1) is 8.60. The zero-order valence-corrected chi connectivity index (χ0v) is 11.0. The zero-order chi connectivity index (χ0) is 13.1. The summed E-state index contributed by atoms with van der Waals surface area (Å²) >= 11 is 0. The van der Waals surface area contributed by atoms with Gasteiger partial charge < -0.3 is 5.32 Å². The monoisotopic (exact) mass is 248 g/mol. The van der Waals surface area contributed by atoms with Gasteiger partial charge in [0.2, 0.25) is 0 Å². The number of hydrogen-bond donors (Lipinski definition) is 1. The van der Waals surface area contributed by atoms with Crippen LogP contribution in [0.15, 0.2) is 18.2 Å². The summed E-state index contributed by atoms with van der Waals surface area (Å²) in [4.78, 5) is 10.6. The van der Waals surface area contributed by atoms with E-state index < -0.39 is 0 Å². The van der Waals surface area contributed by atoms with Crippen molar-refractivity contribution in [2.75, 3.05) is 5.32 Å². The van der Waals surface area contributed by atoms with Gasteiger partial charge in [0.1, 0.15) is 0 Å². The highest BCUT2D eigenvalue weighted by Crippen LogP contribution is 2.35. The summed E-state index contributed by atoms with van der Waals surface area (Å²) in [6.45, 7) is 3.92. The molecule has 18 heavy (non-hydrogen) atoms. The maximum Gasteiger partial charge on any atom is 0.274 e. The molecule has 0 amide bonds. The minimum Gasteiger partial charge on any atom is -0.382 e. The lowest BCUT2D eigenvalue weighted by molar-refractivity contribution is -0.385. The highest BCUT2D eigenvalue weighted by Gasteiger charge is 2.24. The van der Waals surface area contributed by atoms with Crippen molar-refractivity contribution in [2.24, 2.45) is 5.92 Å². The first-order valence-corrected chi connectivity index (χ1v) is 6.61. The van der Waals surface area contributed by atoms with E-state index in [1.54, 1.807) is 13.0 Å². The molecule has 1 aliphatic rings. The largest absolute Gasteiger partial charge is 0.382 e. The van der Waals surface area contributed by atoms with Crippen LogP contribution in [0.5, 0.6) is 0 Å². The first kappa shape index (κ1) is 12.9. The van der Waals surface area contributed by atoms with Crippen LogP contribution in [-0.4, -0.2) is 11.0 Å². The number of nitrogens with one attached hydrogen (secondary N) is 1. The normalized spacial score (nSPS) is 16.3. The van der Waals surface area contributed by atoms with Crippen LogP contribution < -0.4 is 5.32 Å². The molecule has 1 atom stereocenters. The van der Waals surface area contributed by atoms with E-state index in [9.17, 15) is 10.1 Å². The predicted octanol–water partition coefficient (Wildman–Crippen LogP) is 3.89. The van der Waals surface area contributed by atoms with Crippen LogP contribution in [0.25, 0.3) is 0 Å². The molecule has 0 aliphatic heterocycles. The third-order valence-electron chi connectivity index (χ3n) is 3.58. The molecular formula is C14H20N2O2. The van der Waals surface area contributed by atoms with Crippen molar-refractivity contribution in [2.45, 2.75) is 45.6 Å². The molecule has 0 aromatic heterocycles. The van der Waals surface area contributed by atoms with Crippen molar-refractivity contribution in [1.29, 1.82) is 0 Å². The first-order valence-electron chi connectivity index (χ1n) is 6.61. The van der Waals surface area contributed by atoms with Crippen LogP contribution in [0.3, 0.4) is 0 Å². The lowest BCUT2D eigenvalue weighted by atomic mass is 10.1. The number of anilines is 1. The molecule has 4 nitrogen and oxygen atoms in total. The average Bonchev–Trinajstić information content (AvgIpc) is 3.14. The molecule has 98 valence electrons. The van der Waals surface area contributed by atoms with E-state index in [0.29, 0.717) is 11.6 Å². The minimum atomic E-state index is -0.317. The molecule has 2 rings (SSSR count). The SMILES string of the molecule is CCC(CC1CC1)Nc1ccc(C)c([N+](=O)[O-])c1. The molecule has 4 heteroatoms. The molecule has 1 N–H and O–H groups in total. The van der Waals surface area contributed by atoms with Gasteiger partial charge in [-0.2, -0.15) is 0 Å². The Morgan fingerprint density at radius 2 is 2.22 bits per heavy atom. The van der Waals surface area contributed by atoms with Gasteiger partial charge in [-0.05, 0) is 31.7 Å². The summed E-state index contributed by atoms with van der Waals surface area (Å²) in [6, 6.07) is 5.81. The van der Waals surface area contributed by atoms with Gasteiger partial charge in [-0.3, -0.25) is 10.1 Å². The van der Waals surface area contributed by atoms with Crippen LogP contribution in [0.1, 0.15) is 38.2 Å². The fourth-order valence-electron chi connectivity index (χ4n) is 2.22. The Labute approximate surface area is 108 Å². The van der Waals surface area contributed by atoms with Crippen molar-refractivity contribution < 1.29 is 4.92 Å². The highest BCUT2D eigenvalue weighted by molar-refractivity contribution is 5.55. The molecule has 0 saturated heterocycles. The summed E-state index contributed by atoms with van der Waals surface area (Å²) in [5.74, 6) is 0.864. The van der Waals surface area contributed by atoms with Gasteiger partial charge in [-0.1, -0.05) is 25.8 Å². The smallest absolute Gasteiger partial charge is 0.274 e. The van der Waals surface area contributed by atoms with Crippen LogP contribution in [0.2, 0.25) is 0 Å². The van der Waals surface area contributed by atoms with Gasteiger partial charge in [0.25, 0.3) is 5.69 Å². The van der Waals surface area contributed by atoms with Gasteiger partial charge in [-0.25, -0.2) is 0 Å². The Kier molecular flexibility index (Phi) is 3.84. The molecule has 0 heterocycles. The summed E-state index contributed by atoms with van der Waals surface area (Å²) in [5, 5.41) is 14.3. The number of rotatable bonds is 6. The maximum atomic E-state index is 10.9. The third-order valence-corrected chi connectivity index (χ3v) is 3.58. The van der Waals surface area contributed by atoms with Crippen molar-refractivity contribution in [1.82, 2.24) is 0 Å². The predicted molar refractivity (Wildman–Crippen MR) is 72.9 cm³/mol. The second-order valence-corrected chi connectivity index (χ2v) is 5.19. The Hall–Kier alpha value is -1.58. The number of nitro groups is 1.